The van der Waals surface area contributed by atoms with Gasteiger partial charge in [-0.05, 0) is 31.7 Å². The van der Waals surface area contributed by atoms with Crippen LogP contribution in [0.25, 0.3) is 0 Å². The molecule has 1 heterocycles. The Balaban J connectivity index is 2.51. The maximum atomic E-state index is 6.24. The topological polar surface area (TPSA) is 18.5 Å². The molecule has 0 aliphatic carbocycles. The second-order valence-corrected chi connectivity index (χ2v) is 15.4. The summed E-state index contributed by atoms with van der Waals surface area (Å²) in [5.74, 6) is -0.411. The number of unbranched alkanes of at least 4 members (excludes halogenated alkanes) is 3. The van der Waals surface area contributed by atoms with E-state index in [9.17, 15) is 0 Å². The summed E-state index contributed by atoms with van der Waals surface area (Å²) in [5.41, 5.74) is 0. The van der Waals surface area contributed by atoms with Gasteiger partial charge in [-0.3, -0.25) is 0 Å². The zero-order chi connectivity index (χ0) is 17.7. The highest BCUT2D eigenvalue weighted by Gasteiger charge is 2.39. The highest BCUT2D eigenvalue weighted by atomic mass is 28.3. The van der Waals surface area contributed by atoms with Gasteiger partial charge in [-0.1, -0.05) is 72.5 Å². The third-order valence-electron chi connectivity index (χ3n) is 5.93. The van der Waals surface area contributed by atoms with Crippen molar-refractivity contribution in [1.29, 1.82) is 0 Å². The maximum Gasteiger partial charge on any atom is 0.163 e. The molecule has 0 radical (unpaired) electrons. The quantitative estimate of drug-likeness (QED) is 0.358. The van der Waals surface area contributed by atoms with Crippen molar-refractivity contribution in [1.82, 2.24) is 0 Å². The van der Waals surface area contributed by atoms with Crippen LogP contribution >= 0.6 is 0 Å². The molecule has 2 nitrogen and oxygen atoms in total. The molecule has 23 heavy (non-hydrogen) atoms. The highest BCUT2D eigenvalue weighted by Crippen LogP contribution is 2.41. The predicted octanol–water partition coefficient (Wildman–Crippen LogP) is 6.77. The molecule has 0 amide bonds. The monoisotopic (exact) mass is 342 g/mol. The van der Waals surface area contributed by atoms with Gasteiger partial charge >= 0.3 is 0 Å². The van der Waals surface area contributed by atoms with Gasteiger partial charge in [-0.15, -0.1) is 0 Å². The van der Waals surface area contributed by atoms with Gasteiger partial charge in [0.15, 0.2) is 5.79 Å². The van der Waals surface area contributed by atoms with Crippen LogP contribution in [0.5, 0.6) is 0 Å². The van der Waals surface area contributed by atoms with Crippen molar-refractivity contribution in [2.75, 3.05) is 0 Å². The van der Waals surface area contributed by atoms with Crippen LogP contribution in [0.4, 0.5) is 0 Å². The summed E-state index contributed by atoms with van der Waals surface area (Å²) in [6.07, 6.45) is 9.54. The molecular weight excluding hydrogens is 300 g/mol. The van der Waals surface area contributed by atoms with E-state index in [0.717, 1.165) is 6.42 Å². The van der Waals surface area contributed by atoms with E-state index in [1.54, 1.807) is 0 Å². The van der Waals surface area contributed by atoms with Crippen LogP contribution in [0.1, 0.15) is 86.5 Å². The molecule has 3 heteroatoms. The van der Waals surface area contributed by atoms with E-state index < -0.39 is 13.9 Å². The third kappa shape index (κ3) is 7.27. The van der Waals surface area contributed by atoms with Crippen LogP contribution in [0.15, 0.2) is 0 Å². The first kappa shape index (κ1) is 21.2. The lowest BCUT2D eigenvalue weighted by molar-refractivity contribution is -0.300. The molecule has 0 spiro atoms. The second kappa shape index (κ2) is 8.49. The zero-order valence-electron chi connectivity index (χ0n) is 17.1. The van der Waals surface area contributed by atoms with Gasteiger partial charge < -0.3 is 9.47 Å². The molecular formula is C20H42O2Si. The van der Waals surface area contributed by atoms with Crippen LogP contribution in [0.3, 0.4) is 0 Å². The Bertz CT molecular complexity index is 344. The first-order valence-corrected chi connectivity index (χ1v) is 13.0. The van der Waals surface area contributed by atoms with Crippen molar-refractivity contribution < 1.29 is 9.47 Å². The maximum absolute atomic E-state index is 6.24. The molecule has 0 aromatic rings. The minimum atomic E-state index is -1.21. The number of rotatable bonds is 8. The average Bonchev–Trinajstić information content (AvgIpc) is 2.39. The average molecular weight is 343 g/mol. The molecule has 0 N–H and O–H groups in total. The molecule has 0 saturated carbocycles. The fraction of sp³-hybridized carbons (Fsp3) is 1.00. The van der Waals surface area contributed by atoms with E-state index in [2.05, 4.69) is 54.6 Å². The Morgan fingerprint density at radius 2 is 1.52 bits per heavy atom. The lowest BCUT2D eigenvalue weighted by Crippen LogP contribution is -2.46. The minimum absolute atomic E-state index is 0.379. The highest BCUT2D eigenvalue weighted by molar-refractivity contribution is 6.80. The van der Waals surface area contributed by atoms with Gasteiger partial charge in [-0.25, -0.2) is 0 Å². The van der Waals surface area contributed by atoms with Crippen molar-refractivity contribution in [3.8, 4) is 0 Å². The molecule has 1 rings (SSSR count). The van der Waals surface area contributed by atoms with Crippen LogP contribution in [-0.4, -0.2) is 26.1 Å². The summed E-state index contributed by atoms with van der Waals surface area (Å²) in [4.78, 5) is 0. The second-order valence-electron chi connectivity index (χ2n) is 9.64. The predicted molar refractivity (Wildman–Crippen MR) is 104 cm³/mol. The van der Waals surface area contributed by atoms with Gasteiger partial charge in [0.25, 0.3) is 0 Å². The molecule has 1 saturated heterocycles. The Kier molecular flexibility index (Phi) is 7.82. The molecule has 1 aliphatic heterocycles. The van der Waals surface area contributed by atoms with E-state index in [1.165, 1.54) is 44.6 Å². The van der Waals surface area contributed by atoms with Crippen molar-refractivity contribution >= 4 is 8.07 Å². The largest absolute Gasteiger partial charge is 0.347 e. The van der Waals surface area contributed by atoms with Crippen molar-refractivity contribution in [2.24, 2.45) is 0 Å². The number of hydrogen-bond donors (Lipinski definition) is 0. The number of hydrogen-bond acceptors (Lipinski definition) is 2. The van der Waals surface area contributed by atoms with Crippen molar-refractivity contribution in [2.45, 2.75) is 129 Å². The summed E-state index contributed by atoms with van der Waals surface area (Å²) in [6, 6.07) is 1.35. The van der Waals surface area contributed by atoms with Crippen LogP contribution < -0.4 is 0 Å². The molecule has 1 fully saturated rings. The fourth-order valence-corrected chi connectivity index (χ4v) is 5.06. The van der Waals surface area contributed by atoms with E-state index in [0.29, 0.717) is 17.2 Å². The van der Waals surface area contributed by atoms with Crippen molar-refractivity contribution in [3.63, 3.8) is 0 Å². The first-order chi connectivity index (χ1) is 10.5. The summed E-state index contributed by atoms with van der Waals surface area (Å²) in [5, 5.41) is 0.466. The Morgan fingerprint density at radius 1 is 0.957 bits per heavy atom. The third-order valence-corrected chi connectivity index (χ3v) is 11.5. The van der Waals surface area contributed by atoms with Gasteiger partial charge in [0.1, 0.15) is 0 Å². The Labute approximate surface area is 146 Å². The van der Waals surface area contributed by atoms with Gasteiger partial charge in [0.05, 0.1) is 20.3 Å². The lowest BCUT2D eigenvalue weighted by atomic mass is 10.0. The van der Waals surface area contributed by atoms with Gasteiger partial charge in [-0.2, -0.15) is 0 Å². The minimum Gasteiger partial charge on any atom is -0.347 e. The van der Waals surface area contributed by atoms with Crippen molar-refractivity contribution in [3.05, 3.63) is 0 Å². The molecule has 2 atom stereocenters. The number of ether oxygens (including phenoxy) is 2. The standard InChI is InChI=1S/C20H42O2Si/c1-9-10-11-12-13-17-16-18(22-20(5,6)21-17)14-15-23(7,8)19(2,3)4/h17-18H,9-16H2,1-8H3/t17-,18+/m0/s1. The summed E-state index contributed by atoms with van der Waals surface area (Å²) >= 11 is 0. The molecule has 0 aromatic heterocycles. The lowest BCUT2D eigenvalue weighted by Gasteiger charge is -2.43. The Hall–Kier alpha value is 0.137. The zero-order valence-corrected chi connectivity index (χ0v) is 18.1. The SMILES string of the molecule is CCCCCC[C@H]1C[C@@H](CC[Si](C)(C)C(C)(C)C)OC(C)(C)O1. The molecule has 138 valence electrons. The molecule has 0 unspecified atom stereocenters. The summed E-state index contributed by atoms with van der Waals surface area (Å²) < 4.78 is 12.4. The van der Waals surface area contributed by atoms with Crippen LogP contribution in [0.2, 0.25) is 24.2 Å². The Morgan fingerprint density at radius 3 is 2.04 bits per heavy atom. The molecule has 1 aliphatic rings. The van der Waals surface area contributed by atoms with Crippen LogP contribution in [-0.2, 0) is 9.47 Å². The molecule has 0 bridgehead atoms. The van der Waals surface area contributed by atoms with E-state index in [-0.39, 0.29) is 0 Å². The normalized spacial score (nSPS) is 25.6. The van der Waals surface area contributed by atoms with E-state index in [1.807, 2.05) is 0 Å². The fourth-order valence-electron chi connectivity index (χ4n) is 3.27. The van der Waals surface area contributed by atoms with Gasteiger partial charge in [0.2, 0.25) is 0 Å². The summed E-state index contributed by atoms with van der Waals surface area (Å²) in [7, 11) is -1.21. The van der Waals surface area contributed by atoms with Gasteiger partial charge in [0, 0.05) is 6.42 Å². The van der Waals surface area contributed by atoms with E-state index >= 15 is 0 Å². The first-order valence-electron chi connectivity index (χ1n) is 9.82. The van der Waals surface area contributed by atoms with Crippen LogP contribution in [0, 0.1) is 0 Å². The molecule has 0 aromatic carbocycles. The smallest absolute Gasteiger partial charge is 0.163 e. The summed E-state index contributed by atoms with van der Waals surface area (Å²) in [6.45, 7) is 18.7. The van der Waals surface area contributed by atoms with E-state index in [4.69, 9.17) is 9.47 Å².